The molecule has 7 nitrogen and oxygen atoms in total. The Morgan fingerprint density at radius 3 is 2.67 bits per heavy atom. The van der Waals surface area contributed by atoms with E-state index in [1.54, 1.807) is 9.80 Å². The first kappa shape index (κ1) is 19.7. The SMILES string of the molecule is CCOc1ccc(N2CCN(CC(=O)Nc3cc(C)nc4ccccc34)C2=O)cc1. The number of carbonyl (C=O) groups is 2. The Kier molecular flexibility index (Phi) is 5.52. The van der Waals surface area contributed by atoms with Crippen molar-refractivity contribution in [2.45, 2.75) is 13.8 Å². The number of nitrogens with zero attached hydrogens (tertiary/aromatic N) is 3. The molecule has 1 aliphatic heterocycles. The summed E-state index contributed by atoms with van der Waals surface area (Å²) >= 11 is 0. The van der Waals surface area contributed by atoms with Gasteiger partial charge >= 0.3 is 6.03 Å². The number of pyridine rings is 1. The molecule has 3 aromatic rings. The number of nitrogens with one attached hydrogen (secondary N) is 1. The van der Waals surface area contributed by atoms with E-state index in [9.17, 15) is 9.59 Å². The van der Waals surface area contributed by atoms with Crippen molar-refractivity contribution in [1.29, 1.82) is 0 Å². The van der Waals surface area contributed by atoms with E-state index in [1.807, 2.05) is 68.4 Å². The number of amides is 3. The first-order valence-corrected chi connectivity index (χ1v) is 10.0. The number of para-hydroxylation sites is 1. The van der Waals surface area contributed by atoms with E-state index in [0.717, 1.165) is 28.0 Å². The molecular weight excluding hydrogens is 380 g/mol. The summed E-state index contributed by atoms with van der Waals surface area (Å²) in [5.41, 5.74) is 3.15. The lowest BCUT2D eigenvalue weighted by Gasteiger charge is -2.19. The number of rotatable bonds is 6. The summed E-state index contributed by atoms with van der Waals surface area (Å²) in [7, 11) is 0. The minimum Gasteiger partial charge on any atom is -0.494 e. The third-order valence-electron chi connectivity index (χ3n) is 5.01. The van der Waals surface area contributed by atoms with E-state index in [-0.39, 0.29) is 18.5 Å². The molecule has 2 aromatic carbocycles. The minimum atomic E-state index is -0.229. The van der Waals surface area contributed by atoms with E-state index in [0.29, 0.717) is 25.4 Å². The van der Waals surface area contributed by atoms with Gasteiger partial charge in [-0.2, -0.15) is 0 Å². The Bertz CT molecular complexity index is 1080. The lowest BCUT2D eigenvalue weighted by atomic mass is 10.1. The maximum Gasteiger partial charge on any atom is 0.325 e. The molecule has 154 valence electrons. The zero-order valence-corrected chi connectivity index (χ0v) is 17.1. The van der Waals surface area contributed by atoms with Crippen molar-refractivity contribution in [3.8, 4) is 5.75 Å². The van der Waals surface area contributed by atoms with Gasteiger partial charge in [-0.3, -0.25) is 14.7 Å². The second-order valence-electron chi connectivity index (χ2n) is 7.16. The van der Waals surface area contributed by atoms with Crippen molar-refractivity contribution in [3.63, 3.8) is 0 Å². The number of ether oxygens (including phenoxy) is 1. The monoisotopic (exact) mass is 404 g/mol. The van der Waals surface area contributed by atoms with Crippen LogP contribution in [0.15, 0.2) is 54.6 Å². The Morgan fingerprint density at radius 2 is 1.90 bits per heavy atom. The van der Waals surface area contributed by atoms with Gasteiger partial charge in [-0.05, 0) is 50.2 Å². The molecule has 1 aliphatic rings. The van der Waals surface area contributed by atoms with E-state index >= 15 is 0 Å². The average Bonchev–Trinajstić information content (AvgIpc) is 3.09. The fraction of sp³-hybridized carbons (Fsp3) is 0.261. The highest BCUT2D eigenvalue weighted by molar-refractivity contribution is 6.03. The predicted octanol–water partition coefficient (Wildman–Crippen LogP) is 3.82. The number of carbonyl (C=O) groups excluding carboxylic acids is 2. The maximum atomic E-state index is 12.8. The second kappa shape index (κ2) is 8.41. The second-order valence-corrected chi connectivity index (χ2v) is 7.16. The highest BCUT2D eigenvalue weighted by Crippen LogP contribution is 2.25. The van der Waals surface area contributed by atoms with Gasteiger partial charge in [0.1, 0.15) is 12.3 Å². The van der Waals surface area contributed by atoms with Crippen LogP contribution in [0.25, 0.3) is 10.9 Å². The van der Waals surface area contributed by atoms with Crippen LogP contribution in [-0.4, -0.2) is 48.1 Å². The molecule has 4 rings (SSSR count). The summed E-state index contributed by atoms with van der Waals surface area (Å²) in [5, 5.41) is 3.82. The van der Waals surface area contributed by atoms with Crippen LogP contribution in [0.1, 0.15) is 12.6 Å². The molecule has 0 bridgehead atoms. The molecule has 2 heterocycles. The first-order valence-electron chi connectivity index (χ1n) is 10.0. The number of anilines is 2. The van der Waals surface area contributed by atoms with Gasteiger partial charge in [-0.25, -0.2) is 4.79 Å². The predicted molar refractivity (Wildman–Crippen MR) is 117 cm³/mol. The topological polar surface area (TPSA) is 74.8 Å². The maximum absolute atomic E-state index is 12.8. The van der Waals surface area contributed by atoms with Crippen LogP contribution >= 0.6 is 0 Å². The molecule has 0 atom stereocenters. The number of urea groups is 1. The Labute approximate surface area is 175 Å². The summed E-state index contributed by atoms with van der Waals surface area (Å²) < 4.78 is 5.45. The van der Waals surface area contributed by atoms with Gasteiger partial charge in [-0.15, -0.1) is 0 Å². The number of hydrogen-bond acceptors (Lipinski definition) is 4. The number of aromatic nitrogens is 1. The van der Waals surface area contributed by atoms with Gasteiger partial charge in [-0.1, -0.05) is 18.2 Å². The first-order chi connectivity index (χ1) is 14.5. The molecule has 1 saturated heterocycles. The smallest absolute Gasteiger partial charge is 0.325 e. The van der Waals surface area contributed by atoms with Gasteiger partial charge in [0.25, 0.3) is 0 Å². The average molecular weight is 404 g/mol. The van der Waals surface area contributed by atoms with Gasteiger partial charge in [0, 0.05) is 29.9 Å². The third kappa shape index (κ3) is 4.05. The molecule has 1 N–H and O–H groups in total. The summed E-state index contributed by atoms with van der Waals surface area (Å²) in [5.74, 6) is 0.539. The van der Waals surface area contributed by atoms with E-state index in [1.165, 1.54) is 0 Å². The van der Waals surface area contributed by atoms with Crippen molar-refractivity contribution in [2.75, 3.05) is 36.5 Å². The van der Waals surface area contributed by atoms with Gasteiger partial charge in [0.05, 0.1) is 17.8 Å². The largest absolute Gasteiger partial charge is 0.494 e. The number of hydrogen-bond donors (Lipinski definition) is 1. The fourth-order valence-corrected chi connectivity index (χ4v) is 3.63. The molecule has 0 unspecified atom stereocenters. The molecule has 0 radical (unpaired) electrons. The zero-order valence-electron chi connectivity index (χ0n) is 17.1. The standard InChI is InChI=1S/C23H24N4O3/c1-3-30-18-10-8-17(9-11-18)27-13-12-26(23(27)29)15-22(28)25-21-14-16(2)24-20-7-5-4-6-19(20)21/h4-11,14H,3,12-13,15H2,1-2H3,(H,24,25,28). The van der Waals surface area contributed by atoms with Crippen LogP contribution in [0.3, 0.4) is 0 Å². The minimum absolute atomic E-state index is 0.00204. The summed E-state index contributed by atoms with van der Waals surface area (Å²) in [6.07, 6.45) is 0. The van der Waals surface area contributed by atoms with Crippen LogP contribution in [0, 0.1) is 6.92 Å². The third-order valence-corrected chi connectivity index (χ3v) is 5.01. The van der Waals surface area contributed by atoms with Gasteiger partial charge in [0.2, 0.25) is 5.91 Å². The molecule has 0 saturated carbocycles. The molecule has 0 aliphatic carbocycles. The molecule has 3 amide bonds. The molecule has 0 spiro atoms. The number of benzene rings is 2. The van der Waals surface area contributed by atoms with Crippen LogP contribution in [0.4, 0.5) is 16.2 Å². The van der Waals surface area contributed by atoms with Crippen LogP contribution in [-0.2, 0) is 4.79 Å². The Morgan fingerprint density at radius 1 is 1.13 bits per heavy atom. The van der Waals surface area contributed by atoms with Crippen molar-refractivity contribution in [1.82, 2.24) is 9.88 Å². The van der Waals surface area contributed by atoms with Crippen LogP contribution in [0.2, 0.25) is 0 Å². The molecule has 1 fully saturated rings. The van der Waals surface area contributed by atoms with Crippen LogP contribution < -0.4 is 15.0 Å². The highest BCUT2D eigenvalue weighted by atomic mass is 16.5. The van der Waals surface area contributed by atoms with Crippen molar-refractivity contribution < 1.29 is 14.3 Å². The quantitative estimate of drug-likeness (QED) is 0.678. The molecule has 30 heavy (non-hydrogen) atoms. The van der Waals surface area contributed by atoms with E-state index in [4.69, 9.17) is 4.74 Å². The highest BCUT2D eigenvalue weighted by Gasteiger charge is 2.31. The van der Waals surface area contributed by atoms with E-state index in [2.05, 4.69) is 10.3 Å². The van der Waals surface area contributed by atoms with Gasteiger partial charge < -0.3 is 15.0 Å². The van der Waals surface area contributed by atoms with Crippen LogP contribution in [0.5, 0.6) is 5.75 Å². The van der Waals surface area contributed by atoms with Crippen molar-refractivity contribution in [3.05, 3.63) is 60.3 Å². The van der Waals surface area contributed by atoms with Crippen molar-refractivity contribution in [2.24, 2.45) is 0 Å². The Hall–Kier alpha value is -3.61. The normalized spacial score (nSPS) is 13.7. The number of fused-ring (bicyclic) bond motifs is 1. The molecule has 7 heteroatoms. The molecular formula is C23H24N4O3. The summed E-state index contributed by atoms with van der Waals surface area (Å²) in [6.45, 7) is 5.45. The number of aryl methyl sites for hydroxylation is 1. The van der Waals surface area contributed by atoms with Crippen molar-refractivity contribution >= 4 is 34.2 Å². The molecule has 1 aromatic heterocycles. The lowest BCUT2D eigenvalue weighted by Crippen LogP contribution is -2.37. The van der Waals surface area contributed by atoms with E-state index < -0.39 is 0 Å². The summed E-state index contributed by atoms with van der Waals surface area (Å²) in [4.78, 5) is 33.2. The summed E-state index contributed by atoms with van der Waals surface area (Å²) in [6, 6.07) is 16.7. The van der Waals surface area contributed by atoms with Gasteiger partial charge in [0.15, 0.2) is 0 Å². The fourth-order valence-electron chi connectivity index (χ4n) is 3.63. The lowest BCUT2D eigenvalue weighted by molar-refractivity contribution is -0.116. The Balaban J connectivity index is 1.43. The zero-order chi connectivity index (χ0) is 21.1.